The Morgan fingerprint density at radius 3 is 2.78 bits per heavy atom. The van der Waals surface area contributed by atoms with Crippen molar-refractivity contribution in [3.8, 4) is 11.5 Å². The van der Waals surface area contributed by atoms with Crippen molar-refractivity contribution in [1.29, 1.82) is 0 Å². The van der Waals surface area contributed by atoms with Crippen LogP contribution in [-0.2, 0) is 25.5 Å². The second-order valence-electron chi connectivity index (χ2n) is 10.6. The molecule has 1 saturated heterocycles. The van der Waals surface area contributed by atoms with E-state index in [2.05, 4.69) is 15.3 Å². The topological polar surface area (TPSA) is 133 Å². The van der Waals surface area contributed by atoms with Crippen LogP contribution in [0.5, 0.6) is 11.5 Å². The lowest BCUT2D eigenvalue weighted by Crippen LogP contribution is -2.34. The summed E-state index contributed by atoms with van der Waals surface area (Å²) >= 11 is 0. The molecule has 0 radical (unpaired) electrons. The number of aromatic nitrogens is 2. The third kappa shape index (κ3) is 8.40. The number of aromatic amines is 1. The zero-order valence-corrected chi connectivity index (χ0v) is 24.3. The molecule has 0 aliphatic carbocycles. The highest BCUT2D eigenvalue weighted by molar-refractivity contribution is 5.97. The van der Waals surface area contributed by atoms with E-state index in [-0.39, 0.29) is 24.0 Å². The molecule has 2 aliphatic rings. The second-order valence-corrected chi connectivity index (χ2v) is 10.6. The minimum absolute atomic E-state index is 0.0613. The minimum Gasteiger partial charge on any atom is -0.492 e. The fraction of sp³-hybridized carbons (Fsp3) is 0.533. The number of benzene rings is 1. The number of ether oxygens (including phenoxy) is 6. The number of imidazole rings is 1. The molecule has 5 atom stereocenters. The molecule has 1 aromatic heterocycles. The van der Waals surface area contributed by atoms with Crippen LogP contribution in [0.3, 0.4) is 0 Å². The molecule has 1 aromatic carbocycles. The van der Waals surface area contributed by atoms with E-state index < -0.39 is 36.2 Å². The van der Waals surface area contributed by atoms with Crippen LogP contribution in [0.25, 0.3) is 6.08 Å². The lowest BCUT2D eigenvalue weighted by atomic mass is 9.99. The fourth-order valence-corrected chi connectivity index (χ4v) is 4.68. The molecule has 4 rings (SSSR count). The van der Waals surface area contributed by atoms with E-state index in [9.17, 15) is 9.90 Å². The highest BCUT2D eigenvalue weighted by atomic mass is 16.8. The molecule has 2 aliphatic heterocycles. The molecule has 41 heavy (non-hydrogen) atoms. The quantitative estimate of drug-likeness (QED) is 0.177. The van der Waals surface area contributed by atoms with Crippen molar-refractivity contribution in [2.75, 3.05) is 27.1 Å². The maximum Gasteiger partial charge on any atom is 0.342 e. The average molecular weight is 572 g/mol. The number of fused-ring (bicyclic) bond motifs is 2. The summed E-state index contributed by atoms with van der Waals surface area (Å²) in [5.74, 6) is 0.0946. The highest BCUT2D eigenvalue weighted by Gasteiger charge is 2.43. The number of H-pyrrole nitrogens is 1. The third-order valence-electron chi connectivity index (χ3n) is 6.91. The number of hydrogen-bond donors (Lipinski definition) is 3. The molecule has 11 heteroatoms. The van der Waals surface area contributed by atoms with Gasteiger partial charge in [-0.3, -0.25) is 0 Å². The number of esters is 1. The van der Waals surface area contributed by atoms with Gasteiger partial charge in [-0.2, -0.15) is 0 Å². The van der Waals surface area contributed by atoms with Crippen molar-refractivity contribution in [3.05, 3.63) is 59.7 Å². The van der Waals surface area contributed by atoms with Gasteiger partial charge in [0.2, 0.25) is 0 Å². The largest absolute Gasteiger partial charge is 0.492 e. The Bertz CT molecular complexity index is 1200. The minimum atomic E-state index is -0.883. The van der Waals surface area contributed by atoms with E-state index >= 15 is 0 Å². The van der Waals surface area contributed by atoms with Crippen molar-refractivity contribution in [3.63, 3.8) is 0 Å². The van der Waals surface area contributed by atoms with Crippen LogP contribution in [0.4, 0.5) is 0 Å². The van der Waals surface area contributed by atoms with E-state index in [1.807, 2.05) is 45.9 Å². The van der Waals surface area contributed by atoms with Gasteiger partial charge in [-0.25, -0.2) is 9.78 Å². The van der Waals surface area contributed by atoms with Crippen molar-refractivity contribution in [1.82, 2.24) is 15.3 Å². The van der Waals surface area contributed by atoms with Gasteiger partial charge in [0.05, 0.1) is 12.6 Å². The first-order chi connectivity index (χ1) is 19.7. The van der Waals surface area contributed by atoms with Crippen molar-refractivity contribution in [2.45, 2.75) is 70.9 Å². The summed E-state index contributed by atoms with van der Waals surface area (Å²) in [5, 5.41) is 14.2. The first-order valence-corrected chi connectivity index (χ1v) is 13.9. The Kier molecular flexibility index (Phi) is 10.6. The van der Waals surface area contributed by atoms with E-state index in [0.29, 0.717) is 37.4 Å². The molecule has 0 spiro atoms. The van der Waals surface area contributed by atoms with E-state index in [4.69, 9.17) is 28.4 Å². The summed E-state index contributed by atoms with van der Waals surface area (Å²) < 4.78 is 35.0. The predicted octanol–water partition coefficient (Wildman–Crippen LogP) is 3.60. The number of hydrogen-bond acceptors (Lipinski definition) is 10. The van der Waals surface area contributed by atoms with E-state index in [1.54, 1.807) is 30.6 Å². The molecule has 224 valence electrons. The lowest BCUT2D eigenvalue weighted by Gasteiger charge is -2.23. The number of cyclic esters (lactones) is 1. The van der Waals surface area contributed by atoms with Crippen molar-refractivity contribution in [2.24, 2.45) is 5.92 Å². The SMILES string of the molecule is COCOc1cc(OCCNCc2ncc[nH]2)cc2c1C(=O)O[C@@H](C)C(C)/C=C\C(O)[C@H]1OC(C)(C)O[C@H]1C/C=C/2. The number of carbonyl (C=O) groups excluding carboxylic acids is 1. The van der Waals surface area contributed by atoms with Crippen LogP contribution >= 0.6 is 0 Å². The molecule has 3 heterocycles. The fourth-order valence-electron chi connectivity index (χ4n) is 4.68. The number of methoxy groups -OCH3 is 1. The van der Waals surface area contributed by atoms with Crippen molar-refractivity contribution >= 4 is 12.0 Å². The van der Waals surface area contributed by atoms with Crippen LogP contribution in [0.15, 0.2) is 42.8 Å². The van der Waals surface area contributed by atoms with Gasteiger partial charge in [0, 0.05) is 38.0 Å². The first-order valence-electron chi connectivity index (χ1n) is 13.9. The molecule has 2 aromatic rings. The second kappa shape index (κ2) is 14.1. The lowest BCUT2D eigenvalue weighted by molar-refractivity contribution is -0.152. The number of carbonyl (C=O) groups is 1. The number of nitrogens with one attached hydrogen (secondary N) is 2. The Balaban J connectivity index is 1.62. The summed E-state index contributed by atoms with van der Waals surface area (Å²) in [6.07, 6.45) is 8.82. The molecular weight excluding hydrogens is 530 g/mol. The summed E-state index contributed by atoms with van der Waals surface area (Å²) in [7, 11) is 1.51. The van der Waals surface area contributed by atoms with Gasteiger partial charge in [-0.15, -0.1) is 0 Å². The van der Waals surface area contributed by atoms with E-state index in [1.165, 1.54) is 7.11 Å². The van der Waals surface area contributed by atoms with Crippen LogP contribution in [0.2, 0.25) is 0 Å². The maximum absolute atomic E-state index is 13.5. The molecule has 1 fully saturated rings. The van der Waals surface area contributed by atoms with Gasteiger partial charge in [0.15, 0.2) is 12.6 Å². The molecule has 0 bridgehead atoms. The summed E-state index contributed by atoms with van der Waals surface area (Å²) in [5.41, 5.74) is 0.826. The molecule has 0 saturated carbocycles. The molecule has 2 unspecified atom stereocenters. The summed E-state index contributed by atoms with van der Waals surface area (Å²) in [6, 6.07) is 3.45. The molecular formula is C30H41N3O8. The van der Waals surface area contributed by atoms with Crippen molar-refractivity contribution < 1.29 is 38.3 Å². The van der Waals surface area contributed by atoms with Gasteiger partial charge in [-0.05, 0) is 38.8 Å². The zero-order valence-electron chi connectivity index (χ0n) is 24.3. The average Bonchev–Trinajstić information content (AvgIpc) is 3.56. The number of nitrogens with zero attached hydrogens (tertiary/aromatic N) is 1. The van der Waals surface area contributed by atoms with Gasteiger partial charge in [-0.1, -0.05) is 31.2 Å². The smallest absolute Gasteiger partial charge is 0.342 e. The van der Waals surface area contributed by atoms with Crippen LogP contribution in [-0.4, -0.2) is 78.3 Å². The zero-order chi connectivity index (χ0) is 29.4. The van der Waals surface area contributed by atoms with Crippen LogP contribution in [0.1, 0.15) is 55.9 Å². The van der Waals surface area contributed by atoms with Crippen LogP contribution in [0, 0.1) is 5.92 Å². The van der Waals surface area contributed by atoms with Gasteiger partial charge >= 0.3 is 5.97 Å². The third-order valence-corrected chi connectivity index (χ3v) is 6.91. The van der Waals surface area contributed by atoms with Gasteiger partial charge < -0.3 is 43.8 Å². The molecule has 0 amide bonds. The highest BCUT2D eigenvalue weighted by Crippen LogP contribution is 2.35. The molecule has 11 nitrogen and oxygen atoms in total. The Hall–Kier alpha value is -3.22. The predicted molar refractivity (Wildman–Crippen MR) is 151 cm³/mol. The monoisotopic (exact) mass is 571 g/mol. The standard InChI is InChI=1S/C30H41N3O8/c1-19-9-10-23(34)28-24(40-30(3,4)41-28)8-6-7-21-15-22(37-14-13-31-17-26-32-11-12-33-26)16-25(38-18-36-5)27(21)29(35)39-20(19)2/h6-7,9-12,15-16,19-20,23-24,28,31,34H,8,13-14,17-18H2,1-5H3,(H,32,33)/b7-6+,10-9-/t19?,20-,23?,24-,28+/m0/s1. The summed E-state index contributed by atoms with van der Waals surface area (Å²) in [6.45, 7) is 8.86. The Labute approximate surface area is 240 Å². The van der Waals surface area contributed by atoms with Gasteiger partial charge in [0.1, 0.15) is 47.8 Å². The summed E-state index contributed by atoms with van der Waals surface area (Å²) in [4.78, 5) is 20.8. The first kappa shape index (κ1) is 30.7. The molecule has 3 N–H and O–H groups in total. The van der Waals surface area contributed by atoms with E-state index in [0.717, 1.165) is 5.82 Å². The maximum atomic E-state index is 13.5. The Morgan fingerprint density at radius 2 is 2.02 bits per heavy atom. The van der Waals surface area contributed by atoms with Gasteiger partial charge in [0.25, 0.3) is 0 Å². The number of aliphatic hydroxyl groups excluding tert-OH is 1. The Morgan fingerprint density at radius 1 is 1.20 bits per heavy atom. The van der Waals surface area contributed by atoms with Crippen LogP contribution < -0.4 is 14.8 Å². The normalized spacial score (nSPS) is 27.7. The number of aliphatic hydroxyl groups is 1. The number of rotatable bonds is 9.